The first-order valence-electron chi connectivity index (χ1n) is 9.31. The number of anilines is 2. The third-order valence-electron chi connectivity index (χ3n) is 5.21. The van der Waals surface area contributed by atoms with Crippen LogP contribution in [0.2, 0.25) is 0 Å². The molecule has 2 aliphatic rings. The van der Waals surface area contributed by atoms with E-state index < -0.39 is 0 Å². The monoisotopic (exact) mass is 455 g/mol. The molecule has 9 nitrogen and oxygen atoms in total. The summed E-state index contributed by atoms with van der Waals surface area (Å²) in [5.41, 5.74) is 2.89. The number of imide groups is 1. The zero-order chi connectivity index (χ0) is 20.1. The summed E-state index contributed by atoms with van der Waals surface area (Å²) in [4.78, 5) is 35.4. The minimum atomic E-state index is -0.328. The fourth-order valence-electron chi connectivity index (χ4n) is 3.47. The SMILES string of the molecule is CN1C(=O)CN(c2cc(C3CC3)cc3cc(CNc4cc(Br)ncn4)nn23)C1=O. The maximum Gasteiger partial charge on any atom is 0.332 e. The van der Waals surface area contributed by atoms with Crippen LogP contribution < -0.4 is 10.2 Å². The number of likely N-dealkylation sites (N-methyl/N-ethyl adjacent to an activating group) is 1. The molecule has 10 heteroatoms. The molecule has 2 fully saturated rings. The fourth-order valence-corrected chi connectivity index (χ4v) is 3.78. The van der Waals surface area contributed by atoms with Crippen LogP contribution in [0.1, 0.15) is 30.0 Å². The Kier molecular flexibility index (Phi) is 4.23. The van der Waals surface area contributed by atoms with Gasteiger partial charge < -0.3 is 5.32 Å². The number of carbonyl (C=O) groups is 2. The van der Waals surface area contributed by atoms with E-state index in [0.29, 0.717) is 28.7 Å². The first-order valence-corrected chi connectivity index (χ1v) is 10.1. The van der Waals surface area contributed by atoms with E-state index in [2.05, 4.69) is 42.4 Å². The topological polar surface area (TPSA) is 95.7 Å². The lowest BCUT2D eigenvalue weighted by molar-refractivity contribution is -0.123. The number of nitrogens with one attached hydrogen (secondary N) is 1. The molecule has 148 valence electrons. The number of rotatable bonds is 5. The number of halogens is 1. The second-order valence-electron chi connectivity index (χ2n) is 7.29. The zero-order valence-electron chi connectivity index (χ0n) is 15.7. The summed E-state index contributed by atoms with van der Waals surface area (Å²) in [5, 5.41) is 7.90. The van der Waals surface area contributed by atoms with Crippen LogP contribution in [0.4, 0.5) is 16.4 Å². The van der Waals surface area contributed by atoms with E-state index in [4.69, 9.17) is 0 Å². The molecule has 0 aromatic carbocycles. The van der Waals surface area contributed by atoms with Crippen LogP contribution in [0.3, 0.4) is 0 Å². The lowest BCUT2D eigenvalue weighted by Crippen LogP contribution is -2.31. The predicted molar refractivity (Wildman–Crippen MR) is 110 cm³/mol. The third kappa shape index (κ3) is 3.33. The van der Waals surface area contributed by atoms with E-state index in [-0.39, 0.29) is 18.5 Å². The van der Waals surface area contributed by atoms with Crippen molar-refractivity contribution in [3.63, 3.8) is 0 Å². The van der Waals surface area contributed by atoms with Crippen LogP contribution in [-0.4, -0.2) is 50.0 Å². The van der Waals surface area contributed by atoms with Gasteiger partial charge in [0.05, 0.1) is 17.8 Å². The van der Waals surface area contributed by atoms with Gasteiger partial charge in [-0.3, -0.25) is 14.6 Å². The average molecular weight is 456 g/mol. The Balaban J connectivity index is 1.50. The van der Waals surface area contributed by atoms with Gasteiger partial charge in [-0.1, -0.05) is 0 Å². The molecule has 1 saturated carbocycles. The Hall–Kier alpha value is -3.01. The summed E-state index contributed by atoms with van der Waals surface area (Å²) in [6.07, 6.45) is 3.77. The normalized spacial score (nSPS) is 16.9. The number of nitrogens with zero attached hydrogens (tertiary/aromatic N) is 6. The number of pyridine rings is 1. The lowest BCUT2D eigenvalue weighted by atomic mass is 10.1. The summed E-state index contributed by atoms with van der Waals surface area (Å²) in [7, 11) is 1.50. The molecule has 1 aliphatic carbocycles. The standard InChI is InChI=1S/C19H18BrN7O2/c1-25-18(28)9-26(19(25)29)17-5-12(11-2-3-11)4-14-6-13(24-27(14)17)8-21-16-7-15(20)22-10-23-16/h4-7,10-11H,2-3,8-9H2,1H3,(H,21,22,23). The molecule has 1 aliphatic heterocycles. The highest BCUT2D eigenvalue weighted by molar-refractivity contribution is 9.10. The predicted octanol–water partition coefficient (Wildman–Crippen LogP) is 2.77. The summed E-state index contributed by atoms with van der Waals surface area (Å²) < 4.78 is 2.44. The van der Waals surface area contributed by atoms with Gasteiger partial charge in [0.1, 0.15) is 29.1 Å². The minimum Gasteiger partial charge on any atom is -0.364 e. The Morgan fingerprint density at radius 3 is 2.69 bits per heavy atom. The molecule has 3 aromatic heterocycles. The van der Waals surface area contributed by atoms with Crippen molar-refractivity contribution in [3.05, 3.63) is 46.5 Å². The Morgan fingerprint density at radius 1 is 1.17 bits per heavy atom. The summed E-state index contributed by atoms with van der Waals surface area (Å²) in [6.45, 7) is 0.497. The van der Waals surface area contributed by atoms with E-state index in [0.717, 1.165) is 29.0 Å². The zero-order valence-corrected chi connectivity index (χ0v) is 17.3. The molecule has 0 atom stereocenters. The van der Waals surface area contributed by atoms with Crippen molar-refractivity contribution in [1.82, 2.24) is 24.5 Å². The van der Waals surface area contributed by atoms with Crippen LogP contribution in [0.15, 0.2) is 35.2 Å². The number of aromatic nitrogens is 4. The van der Waals surface area contributed by atoms with Crippen molar-refractivity contribution in [2.24, 2.45) is 0 Å². The Labute approximate surface area is 174 Å². The molecule has 0 bridgehead atoms. The largest absolute Gasteiger partial charge is 0.364 e. The van der Waals surface area contributed by atoms with Crippen molar-refractivity contribution < 1.29 is 9.59 Å². The minimum absolute atomic E-state index is 0.0287. The second kappa shape index (κ2) is 6.80. The number of hydrogen-bond acceptors (Lipinski definition) is 6. The van der Waals surface area contributed by atoms with Crippen LogP contribution in [0.5, 0.6) is 0 Å². The van der Waals surface area contributed by atoms with E-state index in [1.165, 1.54) is 23.8 Å². The average Bonchev–Trinajstić information content (AvgIpc) is 3.42. The lowest BCUT2D eigenvalue weighted by Gasteiger charge is -2.17. The van der Waals surface area contributed by atoms with Gasteiger partial charge in [0.2, 0.25) is 0 Å². The number of fused-ring (bicyclic) bond motifs is 1. The van der Waals surface area contributed by atoms with Crippen molar-refractivity contribution in [2.75, 3.05) is 23.8 Å². The third-order valence-corrected chi connectivity index (χ3v) is 5.64. The van der Waals surface area contributed by atoms with Gasteiger partial charge in [-0.05, 0) is 58.5 Å². The van der Waals surface area contributed by atoms with Crippen molar-refractivity contribution in [3.8, 4) is 0 Å². The molecule has 1 saturated heterocycles. The van der Waals surface area contributed by atoms with Gasteiger partial charge in [0.25, 0.3) is 5.91 Å². The maximum atomic E-state index is 12.6. The number of hydrogen-bond donors (Lipinski definition) is 1. The molecular formula is C19H18BrN7O2. The van der Waals surface area contributed by atoms with Crippen LogP contribution in [-0.2, 0) is 11.3 Å². The second-order valence-corrected chi connectivity index (χ2v) is 8.11. The van der Waals surface area contributed by atoms with Gasteiger partial charge in [-0.25, -0.2) is 19.3 Å². The first-order chi connectivity index (χ1) is 14.0. The fraction of sp³-hybridized carbons (Fsp3) is 0.316. The summed E-state index contributed by atoms with van der Waals surface area (Å²) in [6, 6.07) is 7.55. The highest BCUT2D eigenvalue weighted by Crippen LogP contribution is 2.42. The van der Waals surface area contributed by atoms with E-state index in [9.17, 15) is 9.59 Å². The quantitative estimate of drug-likeness (QED) is 0.469. The highest BCUT2D eigenvalue weighted by atomic mass is 79.9. The van der Waals surface area contributed by atoms with Gasteiger partial charge >= 0.3 is 6.03 Å². The molecule has 4 heterocycles. The molecule has 0 unspecified atom stereocenters. The molecule has 5 rings (SSSR count). The molecule has 3 amide bonds. The van der Waals surface area contributed by atoms with Gasteiger partial charge in [-0.15, -0.1) is 0 Å². The van der Waals surface area contributed by atoms with Gasteiger partial charge in [-0.2, -0.15) is 5.10 Å². The molecule has 1 N–H and O–H groups in total. The Bertz CT molecular complexity index is 1140. The maximum absolute atomic E-state index is 12.6. The van der Waals surface area contributed by atoms with Crippen molar-refractivity contribution >= 4 is 45.0 Å². The van der Waals surface area contributed by atoms with Crippen LogP contribution >= 0.6 is 15.9 Å². The van der Waals surface area contributed by atoms with Crippen LogP contribution in [0, 0.1) is 0 Å². The van der Waals surface area contributed by atoms with E-state index in [1.54, 1.807) is 10.6 Å². The molecule has 0 spiro atoms. The number of carbonyl (C=O) groups excluding carboxylic acids is 2. The van der Waals surface area contributed by atoms with Gasteiger partial charge in [0, 0.05) is 13.1 Å². The number of amides is 3. The highest BCUT2D eigenvalue weighted by Gasteiger charge is 2.36. The Morgan fingerprint density at radius 2 is 2.00 bits per heavy atom. The summed E-state index contributed by atoms with van der Waals surface area (Å²) in [5.74, 6) is 1.61. The summed E-state index contributed by atoms with van der Waals surface area (Å²) >= 11 is 3.33. The van der Waals surface area contributed by atoms with Crippen molar-refractivity contribution in [2.45, 2.75) is 25.3 Å². The smallest absolute Gasteiger partial charge is 0.332 e. The molecule has 29 heavy (non-hydrogen) atoms. The number of urea groups is 1. The van der Waals surface area contributed by atoms with E-state index >= 15 is 0 Å². The van der Waals surface area contributed by atoms with Crippen LogP contribution in [0.25, 0.3) is 5.52 Å². The molecule has 0 radical (unpaired) electrons. The first kappa shape index (κ1) is 18.0. The molecular weight excluding hydrogens is 438 g/mol. The van der Waals surface area contributed by atoms with E-state index in [1.807, 2.05) is 12.1 Å². The van der Waals surface area contributed by atoms with Gasteiger partial charge in [0.15, 0.2) is 0 Å². The van der Waals surface area contributed by atoms with Crippen molar-refractivity contribution in [1.29, 1.82) is 0 Å². The molecule has 3 aromatic rings.